The molecule has 0 N–H and O–H groups in total. The number of allylic oxidation sites excluding steroid dienone is 3. The van der Waals surface area contributed by atoms with Crippen molar-refractivity contribution in [2.75, 3.05) is 7.11 Å². The van der Waals surface area contributed by atoms with Crippen LogP contribution in [0, 0.1) is 0 Å². The Hall–Kier alpha value is -1.48. The largest absolute Gasteiger partial charge is 0.497 e. The van der Waals surface area contributed by atoms with Crippen molar-refractivity contribution in [3.8, 4) is 5.75 Å². The summed E-state index contributed by atoms with van der Waals surface area (Å²) in [7, 11) is 1.67. The summed E-state index contributed by atoms with van der Waals surface area (Å²) in [5.74, 6) is 0.875. The highest BCUT2D eigenvalue weighted by atomic mass is 32.2. The molecule has 0 aromatic heterocycles. The van der Waals surface area contributed by atoms with Crippen LogP contribution >= 0.6 is 11.9 Å². The van der Waals surface area contributed by atoms with Gasteiger partial charge in [-0.05, 0) is 40.8 Å². The molecule has 0 atom stereocenters. The van der Waals surface area contributed by atoms with E-state index in [2.05, 4.69) is 10.5 Å². The molecule has 0 fully saturated rings. The molecule has 1 aliphatic rings. The van der Waals surface area contributed by atoms with E-state index in [9.17, 15) is 0 Å². The second-order valence-electron chi connectivity index (χ2n) is 3.01. The Kier molecular flexibility index (Phi) is 3.25. The van der Waals surface area contributed by atoms with Crippen molar-refractivity contribution in [3.05, 3.63) is 47.4 Å². The summed E-state index contributed by atoms with van der Waals surface area (Å²) < 4.78 is 9.20. The Morgan fingerprint density at radius 1 is 1.20 bits per heavy atom. The lowest BCUT2D eigenvalue weighted by Gasteiger charge is -2.03. The number of hydrogen-bond donors (Lipinski definition) is 0. The van der Waals surface area contributed by atoms with Crippen LogP contribution in [0.5, 0.6) is 5.75 Å². The van der Waals surface area contributed by atoms with E-state index in [-0.39, 0.29) is 0 Å². The predicted molar refractivity (Wildman–Crippen MR) is 66.2 cm³/mol. The molecule has 1 aliphatic heterocycles. The van der Waals surface area contributed by atoms with Gasteiger partial charge in [0.15, 0.2) is 0 Å². The van der Waals surface area contributed by atoms with Crippen molar-refractivity contribution in [2.45, 2.75) is 0 Å². The van der Waals surface area contributed by atoms with E-state index in [0.29, 0.717) is 0 Å². The number of rotatable bonds is 2. The Bertz CT molecular complexity index is 418. The van der Waals surface area contributed by atoms with Crippen molar-refractivity contribution in [1.29, 1.82) is 0 Å². The van der Waals surface area contributed by atoms with Gasteiger partial charge in [0, 0.05) is 18.2 Å². The lowest BCUT2D eigenvalue weighted by atomic mass is 10.1. The zero-order valence-corrected chi connectivity index (χ0v) is 9.20. The van der Waals surface area contributed by atoms with Crippen molar-refractivity contribution >= 4 is 23.7 Å². The van der Waals surface area contributed by atoms with Crippen LogP contribution in [0.15, 0.2) is 46.2 Å². The van der Waals surface area contributed by atoms with Gasteiger partial charge in [0.25, 0.3) is 0 Å². The van der Waals surface area contributed by atoms with Crippen LogP contribution in [0.1, 0.15) is 5.56 Å². The molecule has 1 aromatic carbocycles. The number of methoxy groups -OCH3 is 1. The molecule has 15 heavy (non-hydrogen) atoms. The molecule has 0 saturated carbocycles. The molecule has 2 nitrogen and oxygen atoms in total. The topological polar surface area (TPSA) is 21.6 Å². The lowest BCUT2D eigenvalue weighted by Crippen LogP contribution is -1.84. The van der Waals surface area contributed by atoms with Crippen molar-refractivity contribution in [2.24, 2.45) is 4.40 Å². The van der Waals surface area contributed by atoms with E-state index in [1.807, 2.05) is 42.0 Å². The Morgan fingerprint density at radius 2 is 2.00 bits per heavy atom. The van der Waals surface area contributed by atoms with Gasteiger partial charge in [0.2, 0.25) is 0 Å². The van der Waals surface area contributed by atoms with Gasteiger partial charge in [-0.1, -0.05) is 12.1 Å². The molecule has 1 aromatic rings. The van der Waals surface area contributed by atoms with Crippen LogP contribution in [-0.4, -0.2) is 13.3 Å². The van der Waals surface area contributed by atoms with Crippen LogP contribution in [0.25, 0.3) is 5.57 Å². The number of ether oxygens (including phenoxy) is 1. The number of nitrogens with zero attached hydrogens (tertiary/aromatic N) is 1. The SMILES string of the molecule is COc1ccc(C2=CC=NSC=C2)cc1. The molecular weight excluding hydrogens is 206 g/mol. The summed E-state index contributed by atoms with van der Waals surface area (Å²) in [6, 6.07) is 8.00. The van der Waals surface area contributed by atoms with Gasteiger partial charge in [-0.3, -0.25) is 0 Å². The standard InChI is InChI=1S/C12H11NOS/c1-14-12-4-2-10(3-5-12)11-6-8-13-15-9-7-11/h2-9H,1H3. The summed E-state index contributed by atoms with van der Waals surface area (Å²) in [6.07, 6.45) is 5.86. The number of hydrogen-bond acceptors (Lipinski definition) is 3. The second kappa shape index (κ2) is 4.84. The zero-order chi connectivity index (χ0) is 10.5. The van der Waals surface area contributed by atoms with E-state index in [1.54, 1.807) is 7.11 Å². The van der Waals surface area contributed by atoms with Crippen LogP contribution in [0.2, 0.25) is 0 Å². The molecule has 3 heteroatoms. The van der Waals surface area contributed by atoms with E-state index < -0.39 is 0 Å². The fourth-order valence-electron chi connectivity index (χ4n) is 1.32. The summed E-state index contributed by atoms with van der Waals surface area (Å²) >= 11 is 1.43. The Balaban J connectivity index is 2.29. The smallest absolute Gasteiger partial charge is 0.118 e. The molecule has 0 saturated heterocycles. The average Bonchev–Trinajstić information content (AvgIpc) is 2.58. The monoisotopic (exact) mass is 217 g/mol. The molecule has 0 amide bonds. The van der Waals surface area contributed by atoms with Crippen molar-refractivity contribution in [3.63, 3.8) is 0 Å². The summed E-state index contributed by atoms with van der Waals surface area (Å²) in [4.78, 5) is 0. The summed E-state index contributed by atoms with van der Waals surface area (Å²) in [5, 5.41) is 1.97. The van der Waals surface area contributed by atoms with Crippen LogP contribution in [0.4, 0.5) is 0 Å². The van der Waals surface area contributed by atoms with Gasteiger partial charge >= 0.3 is 0 Å². The third-order valence-corrected chi connectivity index (χ3v) is 2.61. The molecule has 0 aliphatic carbocycles. The van der Waals surface area contributed by atoms with Crippen LogP contribution < -0.4 is 4.74 Å². The highest BCUT2D eigenvalue weighted by Crippen LogP contribution is 2.22. The Labute approximate surface area is 93.5 Å². The number of benzene rings is 1. The van der Waals surface area contributed by atoms with E-state index in [0.717, 1.165) is 11.3 Å². The van der Waals surface area contributed by atoms with Crippen molar-refractivity contribution < 1.29 is 4.74 Å². The maximum atomic E-state index is 5.11. The Morgan fingerprint density at radius 3 is 2.73 bits per heavy atom. The van der Waals surface area contributed by atoms with Gasteiger partial charge < -0.3 is 4.74 Å². The highest BCUT2D eigenvalue weighted by molar-refractivity contribution is 8.01. The minimum absolute atomic E-state index is 0.875. The average molecular weight is 217 g/mol. The normalized spacial score (nSPS) is 14.6. The molecule has 0 bridgehead atoms. The van der Waals surface area contributed by atoms with Gasteiger partial charge in [-0.2, -0.15) is 0 Å². The fraction of sp³-hybridized carbons (Fsp3) is 0.0833. The molecule has 0 spiro atoms. The summed E-state index contributed by atoms with van der Waals surface area (Å²) in [6.45, 7) is 0. The molecule has 0 unspecified atom stereocenters. The first kappa shape index (κ1) is 10.1. The van der Waals surface area contributed by atoms with Crippen molar-refractivity contribution in [1.82, 2.24) is 0 Å². The second-order valence-corrected chi connectivity index (χ2v) is 3.71. The predicted octanol–water partition coefficient (Wildman–Crippen LogP) is 3.32. The van der Waals surface area contributed by atoms with E-state index in [4.69, 9.17) is 4.74 Å². The molecule has 2 rings (SSSR count). The zero-order valence-electron chi connectivity index (χ0n) is 8.38. The van der Waals surface area contributed by atoms with E-state index in [1.165, 1.54) is 17.5 Å². The minimum Gasteiger partial charge on any atom is -0.497 e. The molecular formula is C12H11NOS. The van der Waals surface area contributed by atoms with Gasteiger partial charge in [-0.15, -0.1) is 0 Å². The minimum atomic E-state index is 0.875. The molecule has 0 radical (unpaired) electrons. The fourth-order valence-corrected chi connectivity index (χ4v) is 1.73. The van der Waals surface area contributed by atoms with Gasteiger partial charge in [-0.25, -0.2) is 4.40 Å². The van der Waals surface area contributed by atoms with Crippen LogP contribution in [0.3, 0.4) is 0 Å². The highest BCUT2D eigenvalue weighted by Gasteiger charge is 1.99. The maximum absolute atomic E-state index is 5.11. The first-order valence-corrected chi connectivity index (χ1v) is 5.44. The first-order chi connectivity index (χ1) is 7.40. The van der Waals surface area contributed by atoms with E-state index >= 15 is 0 Å². The quantitative estimate of drug-likeness (QED) is 0.709. The van der Waals surface area contributed by atoms with Gasteiger partial charge in [0.05, 0.1) is 7.11 Å². The van der Waals surface area contributed by atoms with Gasteiger partial charge in [0.1, 0.15) is 5.75 Å². The molecule has 1 heterocycles. The third kappa shape index (κ3) is 2.50. The third-order valence-electron chi connectivity index (χ3n) is 2.11. The lowest BCUT2D eigenvalue weighted by molar-refractivity contribution is 0.415. The first-order valence-electron chi connectivity index (χ1n) is 4.60. The maximum Gasteiger partial charge on any atom is 0.118 e. The summed E-state index contributed by atoms with van der Waals surface area (Å²) in [5.41, 5.74) is 2.33. The van der Waals surface area contributed by atoms with Crippen LogP contribution in [-0.2, 0) is 0 Å². The molecule has 76 valence electrons.